The van der Waals surface area contributed by atoms with Gasteiger partial charge in [0, 0.05) is 18.3 Å². The minimum Gasteiger partial charge on any atom is -0.311 e. The maximum Gasteiger partial charge on any atom is 0.158 e. The maximum atomic E-state index is 6.38. The van der Waals surface area contributed by atoms with E-state index in [4.69, 9.17) is 16.6 Å². The van der Waals surface area contributed by atoms with Crippen LogP contribution in [0.15, 0.2) is 0 Å². The van der Waals surface area contributed by atoms with Gasteiger partial charge in [-0.3, -0.25) is 0 Å². The van der Waals surface area contributed by atoms with Crippen molar-refractivity contribution in [2.45, 2.75) is 63.8 Å². The molecule has 2 atom stereocenters. The van der Waals surface area contributed by atoms with Crippen LogP contribution in [0.4, 0.5) is 0 Å². The quantitative estimate of drug-likeness (QED) is 0.792. The minimum absolute atomic E-state index is 0.0734. The van der Waals surface area contributed by atoms with E-state index in [0.717, 1.165) is 35.8 Å². The van der Waals surface area contributed by atoms with E-state index in [2.05, 4.69) is 33.0 Å². The Hall–Kier alpha value is -0.680. The Morgan fingerprint density at radius 2 is 2.24 bits per heavy atom. The second-order valence-electron chi connectivity index (χ2n) is 5.76. The zero-order chi connectivity index (χ0) is 15.0. The van der Waals surface area contributed by atoms with Crippen molar-refractivity contribution >= 4 is 34.5 Å². The summed E-state index contributed by atoms with van der Waals surface area (Å²) in [4.78, 5) is 4.78. The monoisotopic (exact) mass is 326 g/mol. The van der Waals surface area contributed by atoms with E-state index in [0.29, 0.717) is 5.25 Å². The number of halogens is 1. The Bertz CT molecular complexity index is 625. The van der Waals surface area contributed by atoms with Crippen LogP contribution in [0.2, 0.25) is 0 Å². The first-order valence-corrected chi connectivity index (χ1v) is 9.29. The number of thioether (sulfide) groups is 1. The summed E-state index contributed by atoms with van der Waals surface area (Å²) < 4.78 is 4.38. The van der Waals surface area contributed by atoms with Gasteiger partial charge in [-0.2, -0.15) is 16.9 Å². The summed E-state index contributed by atoms with van der Waals surface area (Å²) in [6.45, 7) is 8.03. The van der Waals surface area contributed by atoms with E-state index >= 15 is 0 Å². The SMILES string of the molecule is CCn1nc(C)c2nc(C(C)Cl)n(CC3CCCCS3)c21. The summed E-state index contributed by atoms with van der Waals surface area (Å²) in [6.07, 6.45) is 3.98. The lowest BCUT2D eigenvalue weighted by Crippen LogP contribution is -2.20. The molecule has 0 N–H and O–H groups in total. The average molecular weight is 327 g/mol. The smallest absolute Gasteiger partial charge is 0.158 e. The van der Waals surface area contributed by atoms with E-state index in [1.807, 2.05) is 13.8 Å². The first kappa shape index (κ1) is 15.2. The van der Waals surface area contributed by atoms with Crippen molar-refractivity contribution in [3.8, 4) is 0 Å². The van der Waals surface area contributed by atoms with Gasteiger partial charge < -0.3 is 4.57 Å². The lowest BCUT2D eigenvalue weighted by Gasteiger charge is -2.23. The van der Waals surface area contributed by atoms with Gasteiger partial charge in [-0.15, -0.1) is 11.6 Å². The second kappa shape index (κ2) is 6.21. The molecule has 1 aliphatic heterocycles. The van der Waals surface area contributed by atoms with Gasteiger partial charge in [0.25, 0.3) is 0 Å². The molecule has 3 heterocycles. The molecule has 21 heavy (non-hydrogen) atoms. The molecule has 1 aliphatic rings. The topological polar surface area (TPSA) is 35.6 Å². The number of alkyl halides is 1. The number of aryl methyl sites for hydroxylation is 2. The van der Waals surface area contributed by atoms with Crippen molar-refractivity contribution < 1.29 is 0 Å². The van der Waals surface area contributed by atoms with Crippen molar-refractivity contribution in [2.24, 2.45) is 0 Å². The van der Waals surface area contributed by atoms with Gasteiger partial charge in [0.05, 0.1) is 11.1 Å². The zero-order valence-electron chi connectivity index (χ0n) is 13.0. The van der Waals surface area contributed by atoms with Crippen molar-refractivity contribution in [1.29, 1.82) is 0 Å². The molecule has 0 radical (unpaired) electrons. The van der Waals surface area contributed by atoms with Crippen molar-refractivity contribution in [3.05, 3.63) is 11.5 Å². The molecule has 4 nitrogen and oxygen atoms in total. The van der Waals surface area contributed by atoms with Gasteiger partial charge >= 0.3 is 0 Å². The molecule has 0 aliphatic carbocycles. The van der Waals surface area contributed by atoms with Crippen LogP contribution in [-0.4, -0.2) is 30.3 Å². The second-order valence-corrected chi connectivity index (χ2v) is 7.82. The molecule has 0 amide bonds. The van der Waals surface area contributed by atoms with E-state index in [1.54, 1.807) is 0 Å². The summed E-state index contributed by atoms with van der Waals surface area (Å²) in [6, 6.07) is 0. The van der Waals surface area contributed by atoms with Gasteiger partial charge in [0.1, 0.15) is 11.3 Å². The predicted octanol–water partition coefficient (Wildman–Crippen LogP) is 4.15. The van der Waals surface area contributed by atoms with Crippen molar-refractivity contribution in [1.82, 2.24) is 19.3 Å². The van der Waals surface area contributed by atoms with Crippen LogP contribution < -0.4 is 0 Å². The highest BCUT2D eigenvalue weighted by atomic mass is 35.5. The summed E-state index contributed by atoms with van der Waals surface area (Å²) in [5, 5.41) is 5.20. The van der Waals surface area contributed by atoms with Crippen LogP contribution in [0.1, 0.15) is 50.0 Å². The number of fused-ring (bicyclic) bond motifs is 1. The number of rotatable bonds is 4. The number of hydrogen-bond acceptors (Lipinski definition) is 3. The fourth-order valence-corrected chi connectivity index (χ4v) is 4.56. The Morgan fingerprint density at radius 1 is 1.43 bits per heavy atom. The molecule has 0 spiro atoms. The standard InChI is InChI=1S/C15H23ClN4S/c1-4-20-15-13(11(3)18-20)17-14(10(2)16)19(15)9-12-7-5-6-8-21-12/h10,12H,4-9H2,1-3H3. The highest BCUT2D eigenvalue weighted by Gasteiger charge is 2.24. The minimum atomic E-state index is -0.0734. The molecule has 1 fully saturated rings. The first-order valence-electron chi connectivity index (χ1n) is 7.81. The summed E-state index contributed by atoms with van der Waals surface area (Å²) in [5.74, 6) is 2.26. The molecule has 2 unspecified atom stereocenters. The van der Waals surface area contributed by atoms with Gasteiger partial charge in [0.2, 0.25) is 0 Å². The highest BCUT2D eigenvalue weighted by Crippen LogP contribution is 2.31. The molecule has 2 aromatic heterocycles. The molecule has 6 heteroatoms. The highest BCUT2D eigenvalue weighted by molar-refractivity contribution is 7.99. The Labute approximate surface area is 135 Å². The molecule has 0 saturated carbocycles. The van der Waals surface area contributed by atoms with Crippen molar-refractivity contribution in [2.75, 3.05) is 5.75 Å². The van der Waals surface area contributed by atoms with E-state index in [9.17, 15) is 0 Å². The number of aromatic nitrogens is 4. The van der Waals surface area contributed by atoms with Gasteiger partial charge in [-0.05, 0) is 39.4 Å². The first-order chi connectivity index (χ1) is 10.1. The number of imidazole rings is 1. The van der Waals surface area contributed by atoms with Crippen molar-refractivity contribution in [3.63, 3.8) is 0 Å². The Balaban J connectivity index is 2.05. The summed E-state index contributed by atoms with van der Waals surface area (Å²) >= 11 is 8.47. The predicted molar refractivity (Wildman–Crippen MR) is 90.3 cm³/mol. The summed E-state index contributed by atoms with van der Waals surface area (Å²) in [7, 11) is 0. The number of hydrogen-bond donors (Lipinski definition) is 0. The zero-order valence-corrected chi connectivity index (χ0v) is 14.5. The molecule has 116 valence electrons. The Kier molecular flexibility index (Phi) is 4.50. The fraction of sp³-hybridized carbons (Fsp3) is 0.733. The fourth-order valence-electron chi connectivity index (χ4n) is 3.10. The largest absolute Gasteiger partial charge is 0.311 e. The van der Waals surface area contributed by atoms with Crippen LogP contribution in [0, 0.1) is 6.92 Å². The molecular formula is C15H23ClN4S. The molecule has 1 saturated heterocycles. The van der Waals surface area contributed by atoms with Crippen LogP contribution in [-0.2, 0) is 13.1 Å². The van der Waals surface area contributed by atoms with Crippen LogP contribution in [0.25, 0.3) is 11.2 Å². The molecular weight excluding hydrogens is 304 g/mol. The van der Waals surface area contributed by atoms with E-state index < -0.39 is 0 Å². The molecule has 0 aromatic carbocycles. The molecule has 0 bridgehead atoms. The summed E-state index contributed by atoms with van der Waals surface area (Å²) in [5.41, 5.74) is 3.16. The van der Waals surface area contributed by atoms with Crippen LogP contribution >= 0.6 is 23.4 Å². The molecule has 3 rings (SSSR count). The lowest BCUT2D eigenvalue weighted by molar-refractivity contribution is 0.557. The van der Waals surface area contributed by atoms with E-state index in [1.165, 1.54) is 25.0 Å². The third-order valence-electron chi connectivity index (χ3n) is 4.14. The third kappa shape index (κ3) is 2.82. The van der Waals surface area contributed by atoms with Gasteiger partial charge in [-0.25, -0.2) is 9.67 Å². The van der Waals surface area contributed by atoms with E-state index in [-0.39, 0.29) is 5.38 Å². The van der Waals surface area contributed by atoms with Crippen LogP contribution in [0.5, 0.6) is 0 Å². The average Bonchev–Trinajstić information content (AvgIpc) is 2.99. The normalized spacial score (nSPS) is 21.0. The Morgan fingerprint density at radius 3 is 2.86 bits per heavy atom. The van der Waals surface area contributed by atoms with Crippen LogP contribution in [0.3, 0.4) is 0 Å². The van der Waals surface area contributed by atoms with Gasteiger partial charge in [0.15, 0.2) is 5.65 Å². The lowest BCUT2D eigenvalue weighted by atomic mass is 10.2. The van der Waals surface area contributed by atoms with Gasteiger partial charge in [-0.1, -0.05) is 6.42 Å². The molecule has 2 aromatic rings. The third-order valence-corrected chi connectivity index (χ3v) is 5.72. The number of nitrogens with zero attached hydrogens (tertiary/aromatic N) is 4. The maximum absolute atomic E-state index is 6.38.